The average Bonchev–Trinajstić information content (AvgIpc) is 3.52. The number of carbonyl (C=O) groups excluding carboxylic acids is 1. The molecule has 6 heteroatoms. The van der Waals surface area contributed by atoms with E-state index in [1.54, 1.807) is 18.4 Å². The summed E-state index contributed by atoms with van der Waals surface area (Å²) in [5.74, 6) is 0.322. The van der Waals surface area contributed by atoms with E-state index in [1.165, 1.54) is 25.2 Å². The lowest BCUT2D eigenvalue weighted by molar-refractivity contribution is 0.0704. The summed E-state index contributed by atoms with van der Waals surface area (Å²) in [7, 11) is 0. The molecule has 0 spiro atoms. The van der Waals surface area contributed by atoms with Crippen molar-refractivity contribution in [1.29, 1.82) is 0 Å². The largest absolute Gasteiger partial charge is 0.465 e. The highest BCUT2D eigenvalue weighted by atomic mass is 19.1. The number of hydrogen-bond donors (Lipinski definition) is 0. The van der Waals surface area contributed by atoms with Gasteiger partial charge in [0.15, 0.2) is 11.5 Å². The molecule has 3 aliphatic heterocycles. The van der Waals surface area contributed by atoms with Gasteiger partial charge in [-0.25, -0.2) is 4.39 Å². The van der Waals surface area contributed by atoms with Crippen molar-refractivity contribution in [1.82, 2.24) is 9.80 Å². The van der Waals surface area contributed by atoms with Gasteiger partial charge in [-0.15, -0.1) is 0 Å². The molecule has 0 aromatic heterocycles. The minimum absolute atomic E-state index is 0.121. The summed E-state index contributed by atoms with van der Waals surface area (Å²) in [4.78, 5) is 17.5. The summed E-state index contributed by atoms with van der Waals surface area (Å²) >= 11 is 0. The minimum atomic E-state index is -0.528. The molecule has 2 saturated heterocycles. The molecular weight excluding hydrogens is 407 g/mol. The first-order valence-corrected chi connectivity index (χ1v) is 11.6. The van der Waals surface area contributed by atoms with Gasteiger partial charge in [-0.05, 0) is 69.3 Å². The van der Waals surface area contributed by atoms with E-state index in [4.69, 9.17) is 9.47 Å². The fourth-order valence-electron chi connectivity index (χ4n) is 4.95. The molecule has 1 aliphatic carbocycles. The van der Waals surface area contributed by atoms with E-state index >= 15 is 4.39 Å². The highest BCUT2D eigenvalue weighted by Gasteiger charge is 2.32. The van der Waals surface area contributed by atoms with Crippen LogP contribution in [0.2, 0.25) is 0 Å². The predicted molar refractivity (Wildman–Crippen MR) is 121 cm³/mol. The standard InChI is InChI=1S/C26H29FN2O3/c27-23-15-20(25-18-31-17-24(32-25)19-7-2-1-3-8-19)10-11-22(23)26(30)29-14-6-9-21(29)16-28-12-4-5-13-28/h1-2,7,10-11,15,17-18,21H,3-6,8-9,12-14,16H2/t21-/m0/s1. The van der Waals surface area contributed by atoms with E-state index in [0.29, 0.717) is 23.6 Å². The van der Waals surface area contributed by atoms with Gasteiger partial charge in [0.1, 0.15) is 18.3 Å². The molecule has 1 amide bonds. The van der Waals surface area contributed by atoms with Crippen LogP contribution in [0.1, 0.15) is 54.4 Å². The van der Waals surface area contributed by atoms with Gasteiger partial charge >= 0.3 is 0 Å². The molecule has 2 fully saturated rings. The van der Waals surface area contributed by atoms with Gasteiger partial charge in [0, 0.05) is 24.7 Å². The Kier molecular flexibility index (Phi) is 6.12. The zero-order valence-corrected chi connectivity index (χ0v) is 18.3. The van der Waals surface area contributed by atoms with Gasteiger partial charge in [0.05, 0.1) is 5.56 Å². The van der Waals surface area contributed by atoms with E-state index in [1.807, 2.05) is 17.1 Å². The molecule has 1 aromatic rings. The molecule has 0 N–H and O–H groups in total. The lowest BCUT2D eigenvalue weighted by atomic mass is 10.0. The third-order valence-electron chi connectivity index (χ3n) is 6.69. The number of hydrogen-bond acceptors (Lipinski definition) is 4. The van der Waals surface area contributed by atoms with E-state index in [9.17, 15) is 4.79 Å². The molecule has 0 saturated carbocycles. The van der Waals surface area contributed by atoms with Crippen LogP contribution in [0.15, 0.2) is 60.3 Å². The summed E-state index contributed by atoms with van der Waals surface area (Å²) < 4.78 is 26.5. The van der Waals surface area contributed by atoms with Crippen molar-refractivity contribution < 1.29 is 18.7 Å². The second-order valence-electron chi connectivity index (χ2n) is 8.86. The Morgan fingerprint density at radius 3 is 2.72 bits per heavy atom. The molecule has 0 unspecified atom stereocenters. The highest BCUT2D eigenvalue weighted by Crippen LogP contribution is 2.31. The fraction of sp³-hybridized carbons (Fsp3) is 0.423. The Hall–Kier alpha value is -2.86. The SMILES string of the molecule is O=C(c1ccc(C2=COC=C(C3=CC=CCC3)O2)cc1F)N1CCC[C@H]1CN1CCCC1. The second kappa shape index (κ2) is 9.33. The van der Waals surface area contributed by atoms with Crippen molar-refractivity contribution in [3.05, 3.63) is 77.2 Å². The van der Waals surface area contributed by atoms with Gasteiger partial charge in [0.2, 0.25) is 0 Å². The summed E-state index contributed by atoms with van der Waals surface area (Å²) in [6.07, 6.45) is 15.4. The van der Waals surface area contributed by atoms with Crippen molar-refractivity contribution in [2.75, 3.05) is 26.2 Å². The number of ether oxygens (including phenoxy) is 2. The molecule has 1 atom stereocenters. The molecular formula is C26H29FN2O3. The number of rotatable bonds is 5. The number of likely N-dealkylation sites (tertiary alicyclic amines) is 2. The van der Waals surface area contributed by atoms with Crippen molar-refractivity contribution in [3.8, 4) is 0 Å². The molecule has 4 aliphatic rings. The summed E-state index contributed by atoms with van der Waals surface area (Å²) in [5, 5.41) is 0. The number of nitrogens with zero attached hydrogens (tertiary/aromatic N) is 2. The van der Waals surface area contributed by atoms with E-state index in [0.717, 1.165) is 50.9 Å². The number of carbonyl (C=O) groups is 1. The molecule has 32 heavy (non-hydrogen) atoms. The fourth-order valence-corrected chi connectivity index (χ4v) is 4.95. The average molecular weight is 437 g/mol. The number of halogens is 1. The molecule has 1 aromatic carbocycles. The van der Waals surface area contributed by atoms with Crippen LogP contribution in [0, 0.1) is 5.82 Å². The second-order valence-corrected chi connectivity index (χ2v) is 8.86. The van der Waals surface area contributed by atoms with Crippen molar-refractivity contribution in [2.45, 2.75) is 44.6 Å². The molecule has 5 nitrogen and oxygen atoms in total. The monoisotopic (exact) mass is 436 g/mol. The van der Waals surface area contributed by atoms with E-state index in [2.05, 4.69) is 11.0 Å². The first-order chi connectivity index (χ1) is 15.7. The Labute approximate surface area is 188 Å². The van der Waals surface area contributed by atoms with Crippen molar-refractivity contribution in [3.63, 3.8) is 0 Å². The molecule has 3 heterocycles. The summed E-state index contributed by atoms with van der Waals surface area (Å²) in [6.45, 7) is 3.78. The van der Waals surface area contributed by atoms with Crippen LogP contribution in [0.4, 0.5) is 4.39 Å². The Balaban J connectivity index is 1.29. The van der Waals surface area contributed by atoms with Crippen LogP contribution >= 0.6 is 0 Å². The van der Waals surface area contributed by atoms with E-state index in [-0.39, 0.29) is 17.5 Å². The topological polar surface area (TPSA) is 42.0 Å². The summed E-state index contributed by atoms with van der Waals surface area (Å²) in [6, 6.07) is 4.84. The quantitative estimate of drug-likeness (QED) is 0.652. The van der Waals surface area contributed by atoms with Gasteiger partial charge in [-0.2, -0.15) is 0 Å². The molecule has 168 valence electrons. The van der Waals surface area contributed by atoms with Gasteiger partial charge in [0.25, 0.3) is 5.91 Å². The highest BCUT2D eigenvalue weighted by molar-refractivity contribution is 5.95. The smallest absolute Gasteiger partial charge is 0.257 e. The maximum absolute atomic E-state index is 15.1. The predicted octanol–water partition coefficient (Wildman–Crippen LogP) is 4.99. The number of amides is 1. The van der Waals surface area contributed by atoms with E-state index < -0.39 is 5.82 Å². The van der Waals surface area contributed by atoms with Crippen LogP contribution in [-0.4, -0.2) is 47.9 Å². The molecule has 0 radical (unpaired) electrons. The van der Waals surface area contributed by atoms with Crippen LogP contribution < -0.4 is 0 Å². The molecule has 5 rings (SSSR count). The third-order valence-corrected chi connectivity index (χ3v) is 6.69. The maximum atomic E-state index is 15.1. The number of allylic oxidation sites excluding steroid dienone is 4. The zero-order valence-electron chi connectivity index (χ0n) is 18.3. The Morgan fingerprint density at radius 2 is 1.94 bits per heavy atom. The lowest BCUT2D eigenvalue weighted by Gasteiger charge is -2.28. The first-order valence-electron chi connectivity index (χ1n) is 11.6. The summed E-state index contributed by atoms with van der Waals surface area (Å²) in [5.41, 5.74) is 1.71. The van der Waals surface area contributed by atoms with Gasteiger partial charge in [-0.1, -0.05) is 24.3 Å². The van der Waals surface area contributed by atoms with Crippen LogP contribution in [0.5, 0.6) is 0 Å². The first kappa shape index (κ1) is 21.0. The normalized spacial score (nSPS) is 23.3. The van der Waals surface area contributed by atoms with Gasteiger partial charge < -0.3 is 19.3 Å². The third kappa shape index (κ3) is 4.37. The maximum Gasteiger partial charge on any atom is 0.257 e. The lowest BCUT2D eigenvalue weighted by Crippen LogP contribution is -2.42. The zero-order chi connectivity index (χ0) is 21.9. The van der Waals surface area contributed by atoms with Crippen LogP contribution in [0.3, 0.4) is 0 Å². The van der Waals surface area contributed by atoms with Crippen molar-refractivity contribution >= 4 is 11.7 Å². The Bertz CT molecular complexity index is 1000. The van der Waals surface area contributed by atoms with Crippen LogP contribution in [-0.2, 0) is 9.47 Å². The van der Waals surface area contributed by atoms with Crippen LogP contribution in [0.25, 0.3) is 5.76 Å². The van der Waals surface area contributed by atoms with Crippen molar-refractivity contribution in [2.24, 2.45) is 0 Å². The number of benzene rings is 1. The Morgan fingerprint density at radius 1 is 1.09 bits per heavy atom. The minimum Gasteiger partial charge on any atom is -0.465 e. The van der Waals surface area contributed by atoms with Gasteiger partial charge in [-0.3, -0.25) is 4.79 Å². The molecule has 0 bridgehead atoms.